The third kappa shape index (κ3) is 4.59. The number of benzene rings is 2. The van der Waals surface area contributed by atoms with Gasteiger partial charge in [-0.3, -0.25) is 9.36 Å². The summed E-state index contributed by atoms with van der Waals surface area (Å²) in [5.74, 6) is -0.114. The van der Waals surface area contributed by atoms with E-state index in [-0.39, 0.29) is 40.7 Å². The fraction of sp³-hybridized carbons (Fsp3) is 0.269. The molecule has 0 aliphatic carbocycles. The molecule has 0 saturated carbocycles. The first-order valence-corrected chi connectivity index (χ1v) is 12.1. The summed E-state index contributed by atoms with van der Waals surface area (Å²) in [6.07, 6.45) is 1.68. The molecule has 0 radical (unpaired) electrons. The third-order valence-electron chi connectivity index (χ3n) is 5.62. The van der Waals surface area contributed by atoms with Crippen LogP contribution in [0.1, 0.15) is 37.9 Å². The zero-order valence-electron chi connectivity index (χ0n) is 20.3. The normalized spacial score (nSPS) is 15.3. The number of thiazole rings is 1. The average molecular weight is 511 g/mol. The van der Waals surface area contributed by atoms with Crippen molar-refractivity contribution in [3.05, 3.63) is 78.5 Å². The van der Waals surface area contributed by atoms with Gasteiger partial charge < -0.3 is 24.4 Å². The number of rotatable bonds is 7. The quantitative estimate of drug-likeness (QED) is 0.469. The Bertz CT molecular complexity index is 1530. The second kappa shape index (κ2) is 10.3. The lowest BCUT2D eigenvalue weighted by molar-refractivity contribution is -0.139. The number of phenols is 2. The number of carbonyl (C=O) groups excluding carboxylic acids is 1. The first kappa shape index (κ1) is 25.1. The van der Waals surface area contributed by atoms with Crippen LogP contribution in [-0.2, 0) is 9.53 Å². The molecular weight excluding hydrogens is 484 g/mol. The first-order chi connectivity index (χ1) is 17.3. The van der Waals surface area contributed by atoms with Crippen LogP contribution in [0.25, 0.3) is 6.08 Å². The molecule has 9 nitrogen and oxygen atoms in total. The molecule has 0 saturated heterocycles. The number of aromatic hydroxyl groups is 2. The molecule has 3 aromatic rings. The van der Waals surface area contributed by atoms with Crippen LogP contribution in [0.5, 0.6) is 23.0 Å². The van der Waals surface area contributed by atoms with E-state index in [1.807, 2.05) is 0 Å². The SMILES string of the molecule is CCOC(=O)C1=C(C)N=c2sc(=Cc3ccc(O)c(OC)c3)c(=O)n2C1c1ccc(O)c(OCC)c1. The largest absolute Gasteiger partial charge is 0.504 e. The topological polar surface area (TPSA) is 120 Å². The number of hydrogen-bond acceptors (Lipinski definition) is 9. The summed E-state index contributed by atoms with van der Waals surface area (Å²) in [6, 6.07) is 8.66. The highest BCUT2D eigenvalue weighted by Gasteiger charge is 2.33. The molecule has 2 aromatic carbocycles. The van der Waals surface area contributed by atoms with Gasteiger partial charge in [0.15, 0.2) is 27.8 Å². The van der Waals surface area contributed by atoms with Crippen molar-refractivity contribution in [1.82, 2.24) is 4.57 Å². The monoisotopic (exact) mass is 510 g/mol. The van der Waals surface area contributed by atoms with Gasteiger partial charge in [-0.15, -0.1) is 0 Å². The summed E-state index contributed by atoms with van der Waals surface area (Å²) in [5, 5.41) is 20.1. The highest BCUT2D eigenvalue weighted by Crippen LogP contribution is 2.35. The molecule has 10 heteroatoms. The summed E-state index contributed by atoms with van der Waals surface area (Å²) in [4.78, 5) is 31.7. The molecule has 36 heavy (non-hydrogen) atoms. The van der Waals surface area contributed by atoms with Gasteiger partial charge in [-0.05, 0) is 62.2 Å². The lowest BCUT2D eigenvalue weighted by Gasteiger charge is -2.25. The second-order valence-electron chi connectivity index (χ2n) is 7.89. The lowest BCUT2D eigenvalue weighted by Crippen LogP contribution is -2.39. The number of esters is 1. The highest BCUT2D eigenvalue weighted by atomic mass is 32.1. The van der Waals surface area contributed by atoms with E-state index in [1.165, 1.54) is 35.1 Å². The second-order valence-corrected chi connectivity index (χ2v) is 8.90. The van der Waals surface area contributed by atoms with Crippen LogP contribution in [0.3, 0.4) is 0 Å². The minimum absolute atomic E-state index is 0.0109. The van der Waals surface area contributed by atoms with Crippen molar-refractivity contribution >= 4 is 23.4 Å². The number of ether oxygens (including phenoxy) is 3. The molecule has 0 fully saturated rings. The van der Waals surface area contributed by atoms with Crippen molar-refractivity contribution in [3.8, 4) is 23.0 Å². The van der Waals surface area contributed by atoms with E-state index in [9.17, 15) is 19.8 Å². The van der Waals surface area contributed by atoms with E-state index in [4.69, 9.17) is 14.2 Å². The van der Waals surface area contributed by atoms with E-state index >= 15 is 0 Å². The Morgan fingerprint density at radius 2 is 1.83 bits per heavy atom. The molecule has 1 unspecified atom stereocenters. The van der Waals surface area contributed by atoms with Gasteiger partial charge in [-0.1, -0.05) is 23.5 Å². The van der Waals surface area contributed by atoms with Crippen LogP contribution < -0.4 is 24.4 Å². The van der Waals surface area contributed by atoms with Crippen LogP contribution in [0.2, 0.25) is 0 Å². The predicted molar refractivity (Wildman–Crippen MR) is 134 cm³/mol. The Kier molecular flexibility index (Phi) is 7.16. The van der Waals surface area contributed by atoms with Gasteiger partial charge in [-0.25, -0.2) is 9.79 Å². The van der Waals surface area contributed by atoms with E-state index in [0.29, 0.717) is 32.8 Å². The van der Waals surface area contributed by atoms with E-state index in [1.54, 1.807) is 51.1 Å². The zero-order valence-corrected chi connectivity index (χ0v) is 21.1. The molecule has 1 aliphatic heterocycles. The summed E-state index contributed by atoms with van der Waals surface area (Å²) in [7, 11) is 1.45. The molecule has 0 amide bonds. The van der Waals surface area contributed by atoms with Crippen LogP contribution >= 0.6 is 11.3 Å². The van der Waals surface area contributed by atoms with Gasteiger partial charge >= 0.3 is 5.97 Å². The molecule has 1 aliphatic rings. The Labute approximate surface area is 210 Å². The summed E-state index contributed by atoms with van der Waals surface area (Å²) in [6.45, 7) is 5.69. The van der Waals surface area contributed by atoms with Gasteiger partial charge in [-0.2, -0.15) is 0 Å². The smallest absolute Gasteiger partial charge is 0.338 e. The molecule has 1 atom stereocenters. The third-order valence-corrected chi connectivity index (χ3v) is 6.60. The highest BCUT2D eigenvalue weighted by molar-refractivity contribution is 7.07. The minimum atomic E-state index is -0.836. The van der Waals surface area contributed by atoms with E-state index in [2.05, 4.69) is 4.99 Å². The maximum absolute atomic E-state index is 13.7. The number of hydrogen-bond donors (Lipinski definition) is 2. The van der Waals surface area contributed by atoms with Crippen molar-refractivity contribution in [1.29, 1.82) is 0 Å². The molecule has 188 valence electrons. The fourth-order valence-electron chi connectivity index (χ4n) is 4.01. The number of fused-ring (bicyclic) bond motifs is 1. The predicted octanol–water partition coefficient (Wildman–Crippen LogP) is 2.62. The molecule has 0 bridgehead atoms. The number of methoxy groups -OCH3 is 1. The van der Waals surface area contributed by atoms with Crippen molar-refractivity contribution in [3.63, 3.8) is 0 Å². The van der Waals surface area contributed by atoms with Crippen molar-refractivity contribution in [2.45, 2.75) is 26.8 Å². The first-order valence-electron chi connectivity index (χ1n) is 11.3. The van der Waals surface area contributed by atoms with Gasteiger partial charge in [0, 0.05) is 0 Å². The standard InChI is InChI=1S/C26H26N2O7S/c1-5-34-20-13-16(8-10-18(20)30)23-22(25(32)35-6-2)14(3)27-26-28(23)24(31)21(36-26)12-15-7-9-17(29)19(11-15)33-4/h7-13,23,29-30H,5-6H2,1-4H3. The Morgan fingerprint density at radius 3 is 2.53 bits per heavy atom. The van der Waals surface area contributed by atoms with Gasteiger partial charge in [0.2, 0.25) is 0 Å². The van der Waals surface area contributed by atoms with E-state index < -0.39 is 12.0 Å². The van der Waals surface area contributed by atoms with Crippen molar-refractivity contribution in [2.75, 3.05) is 20.3 Å². The number of carbonyl (C=O) groups is 1. The van der Waals surface area contributed by atoms with Gasteiger partial charge in [0.05, 0.1) is 42.2 Å². The number of aromatic nitrogens is 1. The molecule has 4 rings (SSSR count). The average Bonchev–Trinajstić information content (AvgIpc) is 3.15. The fourth-order valence-corrected chi connectivity index (χ4v) is 5.06. The number of allylic oxidation sites excluding steroid dienone is 1. The van der Waals surface area contributed by atoms with Crippen molar-refractivity contribution in [2.24, 2.45) is 4.99 Å². The molecule has 1 aromatic heterocycles. The lowest BCUT2D eigenvalue weighted by atomic mass is 9.95. The molecule has 0 spiro atoms. The minimum Gasteiger partial charge on any atom is -0.504 e. The van der Waals surface area contributed by atoms with Crippen LogP contribution in [0, 0.1) is 0 Å². The number of phenolic OH excluding ortho intramolecular Hbond substituents is 2. The number of nitrogens with zero attached hydrogens (tertiary/aromatic N) is 2. The van der Waals surface area contributed by atoms with Crippen LogP contribution in [0.4, 0.5) is 0 Å². The summed E-state index contributed by atoms with van der Waals surface area (Å²) < 4.78 is 17.9. The Balaban J connectivity index is 1.95. The van der Waals surface area contributed by atoms with Gasteiger partial charge in [0.1, 0.15) is 0 Å². The Hall–Kier alpha value is -4.05. The van der Waals surface area contributed by atoms with Crippen LogP contribution in [0.15, 0.2) is 57.5 Å². The Morgan fingerprint density at radius 1 is 1.11 bits per heavy atom. The molecular formula is C26H26N2O7S. The maximum atomic E-state index is 13.7. The summed E-state index contributed by atoms with van der Waals surface area (Å²) >= 11 is 1.18. The van der Waals surface area contributed by atoms with Gasteiger partial charge in [0.25, 0.3) is 5.56 Å². The van der Waals surface area contributed by atoms with Crippen LogP contribution in [-0.4, -0.2) is 41.1 Å². The van der Waals surface area contributed by atoms with E-state index in [0.717, 1.165) is 0 Å². The molecule has 2 heterocycles. The summed E-state index contributed by atoms with van der Waals surface area (Å²) in [5.41, 5.74) is 1.53. The molecule has 2 N–H and O–H groups in total. The maximum Gasteiger partial charge on any atom is 0.338 e. The zero-order chi connectivity index (χ0) is 26.0. The van der Waals surface area contributed by atoms with Crippen molar-refractivity contribution < 1.29 is 29.2 Å².